The van der Waals surface area contributed by atoms with Crippen LogP contribution in [0.5, 0.6) is 0 Å². The van der Waals surface area contributed by atoms with Crippen LogP contribution in [-0.4, -0.2) is 11.1 Å². The van der Waals surface area contributed by atoms with Gasteiger partial charge >= 0.3 is 5.97 Å². The number of hydrogen-bond acceptors (Lipinski definition) is 1. The topological polar surface area (TPSA) is 37.3 Å². The maximum absolute atomic E-state index is 10.4. The standard InChI is InChI=1S/C21H28O2/c1-20(2)13-14-21(3,4)18-15-16(11-12-17(18)20)9-7-5-6-8-10-19(22)23/h5-6,8,10-12,15H,7,9,13-14H2,1-4H3,(H,22,23)/b6-5+,10-8+. The van der Waals surface area contributed by atoms with Gasteiger partial charge in [-0.15, -0.1) is 0 Å². The van der Waals surface area contributed by atoms with E-state index in [-0.39, 0.29) is 10.8 Å². The minimum Gasteiger partial charge on any atom is -0.478 e. The zero-order valence-corrected chi connectivity index (χ0v) is 14.7. The lowest BCUT2D eigenvalue weighted by Gasteiger charge is -2.42. The van der Waals surface area contributed by atoms with E-state index in [1.807, 2.05) is 6.08 Å². The van der Waals surface area contributed by atoms with Crippen molar-refractivity contribution in [3.05, 3.63) is 59.2 Å². The molecule has 0 aliphatic heterocycles. The Bertz CT molecular complexity index is 633. The minimum atomic E-state index is -0.908. The number of hydrogen-bond donors (Lipinski definition) is 1. The van der Waals surface area contributed by atoms with Gasteiger partial charge in [0.25, 0.3) is 0 Å². The summed E-state index contributed by atoms with van der Waals surface area (Å²) < 4.78 is 0. The number of aryl methyl sites for hydroxylation is 1. The molecule has 0 spiro atoms. The molecule has 2 rings (SSSR count). The van der Waals surface area contributed by atoms with Crippen LogP contribution in [0, 0.1) is 0 Å². The Morgan fingerprint density at radius 1 is 1.09 bits per heavy atom. The van der Waals surface area contributed by atoms with Crippen LogP contribution in [-0.2, 0) is 22.0 Å². The maximum atomic E-state index is 10.4. The molecule has 0 saturated heterocycles. The quantitative estimate of drug-likeness (QED) is 0.602. The van der Waals surface area contributed by atoms with E-state index in [0.29, 0.717) is 0 Å². The third-order valence-corrected chi connectivity index (χ3v) is 5.00. The molecule has 23 heavy (non-hydrogen) atoms. The van der Waals surface area contributed by atoms with Gasteiger partial charge in [-0.25, -0.2) is 4.79 Å². The summed E-state index contributed by atoms with van der Waals surface area (Å²) in [6, 6.07) is 6.96. The monoisotopic (exact) mass is 312 g/mol. The minimum absolute atomic E-state index is 0.251. The van der Waals surface area contributed by atoms with Gasteiger partial charge in [-0.1, -0.05) is 64.1 Å². The first-order chi connectivity index (χ1) is 10.7. The molecule has 2 nitrogen and oxygen atoms in total. The summed E-state index contributed by atoms with van der Waals surface area (Å²) in [6.07, 6.45) is 10.9. The van der Waals surface area contributed by atoms with Crippen molar-refractivity contribution in [2.24, 2.45) is 0 Å². The molecule has 1 N–H and O–H groups in total. The Labute approximate surface area is 139 Å². The smallest absolute Gasteiger partial charge is 0.328 e. The van der Waals surface area contributed by atoms with Crippen molar-refractivity contribution in [3.8, 4) is 0 Å². The number of allylic oxidation sites excluding steroid dienone is 3. The van der Waals surface area contributed by atoms with Gasteiger partial charge < -0.3 is 5.11 Å². The number of carboxylic acids is 1. The molecular formula is C21H28O2. The molecule has 1 aliphatic carbocycles. The average Bonchev–Trinajstić information content (AvgIpc) is 2.47. The number of carbonyl (C=O) groups is 1. The predicted molar refractivity (Wildman–Crippen MR) is 96.0 cm³/mol. The number of aliphatic carboxylic acids is 1. The summed E-state index contributed by atoms with van der Waals surface area (Å²) in [4.78, 5) is 10.4. The van der Waals surface area contributed by atoms with Crippen molar-refractivity contribution in [1.82, 2.24) is 0 Å². The first-order valence-electron chi connectivity index (χ1n) is 8.42. The van der Waals surface area contributed by atoms with Gasteiger partial charge in [-0.2, -0.15) is 0 Å². The van der Waals surface area contributed by atoms with Crippen LogP contribution in [0.2, 0.25) is 0 Å². The van der Waals surface area contributed by atoms with Crippen LogP contribution in [0.3, 0.4) is 0 Å². The fourth-order valence-electron chi connectivity index (χ4n) is 3.35. The van der Waals surface area contributed by atoms with E-state index in [1.54, 1.807) is 12.2 Å². The Kier molecular flexibility index (Phi) is 5.13. The van der Waals surface area contributed by atoms with Gasteiger partial charge in [-0.05, 0) is 53.2 Å². The van der Waals surface area contributed by atoms with E-state index in [4.69, 9.17) is 5.11 Å². The molecule has 0 amide bonds. The van der Waals surface area contributed by atoms with Crippen molar-refractivity contribution >= 4 is 5.97 Å². The lowest BCUT2D eigenvalue weighted by atomic mass is 9.63. The van der Waals surface area contributed by atoms with Gasteiger partial charge in [0.2, 0.25) is 0 Å². The van der Waals surface area contributed by atoms with Crippen LogP contribution in [0.1, 0.15) is 63.6 Å². The molecule has 0 heterocycles. The second kappa shape index (κ2) is 6.74. The molecule has 124 valence electrons. The highest BCUT2D eigenvalue weighted by Gasteiger charge is 2.36. The Morgan fingerprint density at radius 3 is 2.39 bits per heavy atom. The van der Waals surface area contributed by atoms with Crippen LogP contribution < -0.4 is 0 Å². The van der Waals surface area contributed by atoms with Crippen molar-refractivity contribution in [2.45, 2.75) is 64.2 Å². The Morgan fingerprint density at radius 2 is 1.74 bits per heavy atom. The Balaban J connectivity index is 2.10. The highest BCUT2D eigenvalue weighted by molar-refractivity contribution is 5.80. The average molecular weight is 312 g/mol. The summed E-state index contributed by atoms with van der Waals surface area (Å²) in [6.45, 7) is 9.39. The van der Waals surface area contributed by atoms with Crippen molar-refractivity contribution in [3.63, 3.8) is 0 Å². The summed E-state index contributed by atoms with van der Waals surface area (Å²) in [5, 5.41) is 8.53. The summed E-state index contributed by atoms with van der Waals surface area (Å²) >= 11 is 0. The van der Waals surface area contributed by atoms with Crippen LogP contribution in [0.25, 0.3) is 0 Å². The maximum Gasteiger partial charge on any atom is 0.328 e. The van der Waals surface area contributed by atoms with Crippen molar-refractivity contribution < 1.29 is 9.90 Å². The molecule has 2 heteroatoms. The molecule has 1 aliphatic rings. The van der Waals surface area contributed by atoms with Crippen molar-refractivity contribution in [2.75, 3.05) is 0 Å². The number of fused-ring (bicyclic) bond motifs is 1. The second-order valence-electron chi connectivity index (χ2n) is 7.81. The summed E-state index contributed by atoms with van der Waals surface area (Å²) in [5.41, 5.74) is 4.88. The molecule has 0 saturated carbocycles. The van der Waals surface area contributed by atoms with E-state index < -0.39 is 5.97 Å². The largest absolute Gasteiger partial charge is 0.478 e. The molecule has 0 fully saturated rings. The molecule has 1 aromatic rings. The number of rotatable bonds is 5. The van der Waals surface area contributed by atoms with E-state index >= 15 is 0 Å². The van der Waals surface area contributed by atoms with E-state index in [9.17, 15) is 4.79 Å². The number of carboxylic acid groups (broad SMARTS) is 1. The lowest BCUT2D eigenvalue weighted by Crippen LogP contribution is -2.33. The van der Waals surface area contributed by atoms with Gasteiger partial charge in [0.1, 0.15) is 0 Å². The van der Waals surface area contributed by atoms with Crippen LogP contribution >= 0.6 is 0 Å². The molecule has 0 aromatic heterocycles. The highest BCUT2D eigenvalue weighted by Crippen LogP contribution is 2.45. The zero-order valence-electron chi connectivity index (χ0n) is 14.7. The third kappa shape index (κ3) is 4.34. The fraction of sp³-hybridized carbons (Fsp3) is 0.476. The van der Waals surface area contributed by atoms with Gasteiger partial charge in [0, 0.05) is 6.08 Å². The van der Waals surface area contributed by atoms with E-state index in [2.05, 4.69) is 45.9 Å². The molecule has 0 bridgehead atoms. The van der Waals surface area contributed by atoms with Gasteiger partial charge in [-0.3, -0.25) is 0 Å². The van der Waals surface area contributed by atoms with Crippen LogP contribution in [0.4, 0.5) is 0 Å². The predicted octanol–water partition coefficient (Wildman–Crippen LogP) is 5.17. The van der Waals surface area contributed by atoms with Crippen LogP contribution in [0.15, 0.2) is 42.5 Å². The molecule has 0 unspecified atom stereocenters. The van der Waals surface area contributed by atoms with Gasteiger partial charge in [0.15, 0.2) is 0 Å². The fourth-order valence-corrected chi connectivity index (χ4v) is 3.35. The zero-order chi connectivity index (χ0) is 17.1. The summed E-state index contributed by atoms with van der Waals surface area (Å²) in [5.74, 6) is -0.908. The highest BCUT2D eigenvalue weighted by atomic mass is 16.4. The lowest BCUT2D eigenvalue weighted by molar-refractivity contribution is -0.131. The molecule has 0 atom stereocenters. The molecule has 1 aromatic carbocycles. The third-order valence-electron chi connectivity index (χ3n) is 5.00. The molecular weight excluding hydrogens is 284 g/mol. The Hall–Kier alpha value is -1.83. The van der Waals surface area contributed by atoms with E-state index in [1.165, 1.54) is 29.5 Å². The normalized spacial score (nSPS) is 19.1. The first kappa shape index (κ1) is 17.5. The number of benzene rings is 1. The van der Waals surface area contributed by atoms with Gasteiger partial charge in [0.05, 0.1) is 0 Å². The van der Waals surface area contributed by atoms with E-state index in [0.717, 1.165) is 18.9 Å². The first-order valence-corrected chi connectivity index (χ1v) is 8.42. The second-order valence-corrected chi connectivity index (χ2v) is 7.81. The molecule has 0 radical (unpaired) electrons. The summed E-state index contributed by atoms with van der Waals surface area (Å²) in [7, 11) is 0. The van der Waals surface area contributed by atoms with Crippen molar-refractivity contribution in [1.29, 1.82) is 0 Å². The SMILES string of the molecule is CC1(C)CCC(C)(C)c2cc(CC/C=C/C=C/C(=O)O)ccc21.